The fraction of sp³-hybridized carbons (Fsp3) is 0.308. The molecular weight excluding hydrogens is 294 g/mol. The molecule has 0 saturated carbocycles. The van der Waals surface area contributed by atoms with Gasteiger partial charge in [-0.2, -0.15) is 4.68 Å². The number of ether oxygens (including phenoxy) is 1. The number of nitrogens with two attached hydrogens (primary N) is 1. The zero-order chi connectivity index (χ0) is 15.6. The first kappa shape index (κ1) is 15.1. The maximum Gasteiger partial charge on any atom is 0.275 e. The Morgan fingerprint density at radius 1 is 1.48 bits per heavy atom. The summed E-state index contributed by atoms with van der Waals surface area (Å²) in [6.45, 7) is 3.70. The van der Waals surface area contributed by atoms with Crippen LogP contribution in [0.15, 0.2) is 18.2 Å². The molecule has 1 aromatic heterocycles. The van der Waals surface area contributed by atoms with Crippen molar-refractivity contribution in [2.45, 2.75) is 19.9 Å². The Bertz CT molecular complexity index is 669. The second kappa shape index (κ2) is 6.01. The van der Waals surface area contributed by atoms with Crippen LogP contribution in [0.25, 0.3) is 5.69 Å². The van der Waals surface area contributed by atoms with Gasteiger partial charge in [0, 0.05) is 12.1 Å². The fourth-order valence-electron chi connectivity index (χ4n) is 1.75. The minimum absolute atomic E-state index is 0.0160. The first-order valence-electron chi connectivity index (χ1n) is 6.30. The normalized spacial score (nSPS) is 10.7. The van der Waals surface area contributed by atoms with Crippen LogP contribution in [0.3, 0.4) is 0 Å². The van der Waals surface area contributed by atoms with Gasteiger partial charge in [-0.3, -0.25) is 4.79 Å². The Kier molecular flexibility index (Phi) is 4.32. The third-order valence-electron chi connectivity index (χ3n) is 2.72. The molecule has 0 saturated heterocycles. The number of rotatable bonds is 4. The summed E-state index contributed by atoms with van der Waals surface area (Å²) >= 11 is 5.97. The topological polar surface area (TPSA) is 95.1 Å². The van der Waals surface area contributed by atoms with Gasteiger partial charge < -0.3 is 15.8 Å². The molecule has 1 aromatic carbocycles. The van der Waals surface area contributed by atoms with E-state index in [-0.39, 0.29) is 23.5 Å². The van der Waals surface area contributed by atoms with Crippen LogP contribution in [-0.2, 0) is 0 Å². The van der Waals surface area contributed by atoms with E-state index in [0.717, 1.165) is 0 Å². The van der Waals surface area contributed by atoms with E-state index in [0.29, 0.717) is 16.5 Å². The van der Waals surface area contributed by atoms with Gasteiger partial charge in [0.05, 0.1) is 17.8 Å². The van der Waals surface area contributed by atoms with Crippen molar-refractivity contribution >= 4 is 23.3 Å². The Morgan fingerprint density at radius 3 is 2.81 bits per heavy atom. The van der Waals surface area contributed by atoms with E-state index in [2.05, 4.69) is 15.6 Å². The highest BCUT2D eigenvalue weighted by Gasteiger charge is 2.19. The van der Waals surface area contributed by atoms with Gasteiger partial charge in [0.2, 0.25) is 0 Å². The molecule has 7 nitrogen and oxygen atoms in total. The minimum atomic E-state index is -0.366. The van der Waals surface area contributed by atoms with Gasteiger partial charge >= 0.3 is 0 Å². The van der Waals surface area contributed by atoms with Gasteiger partial charge in [0.1, 0.15) is 5.75 Å². The predicted molar refractivity (Wildman–Crippen MR) is 79.9 cm³/mol. The molecule has 0 aliphatic carbocycles. The summed E-state index contributed by atoms with van der Waals surface area (Å²) < 4.78 is 6.50. The number of amides is 1. The maximum atomic E-state index is 11.9. The summed E-state index contributed by atoms with van der Waals surface area (Å²) in [5.74, 6) is 0.268. The largest absolute Gasteiger partial charge is 0.495 e. The molecule has 8 heteroatoms. The second-order valence-electron chi connectivity index (χ2n) is 4.68. The summed E-state index contributed by atoms with van der Waals surface area (Å²) in [6.07, 6.45) is 0. The minimum Gasteiger partial charge on any atom is -0.495 e. The van der Waals surface area contributed by atoms with Crippen molar-refractivity contribution in [2.24, 2.45) is 0 Å². The van der Waals surface area contributed by atoms with Crippen molar-refractivity contribution in [1.82, 2.24) is 20.3 Å². The van der Waals surface area contributed by atoms with Gasteiger partial charge in [-0.1, -0.05) is 16.8 Å². The third-order valence-corrected chi connectivity index (χ3v) is 3.03. The number of nitrogens with zero attached hydrogens (tertiary/aromatic N) is 3. The van der Waals surface area contributed by atoms with Crippen LogP contribution in [0.1, 0.15) is 24.3 Å². The molecule has 0 bridgehead atoms. The zero-order valence-corrected chi connectivity index (χ0v) is 12.7. The van der Waals surface area contributed by atoms with Gasteiger partial charge in [0.25, 0.3) is 5.91 Å². The lowest BCUT2D eigenvalue weighted by atomic mass is 10.3. The molecule has 0 aliphatic heterocycles. The van der Waals surface area contributed by atoms with E-state index in [1.807, 2.05) is 13.8 Å². The molecule has 0 atom stereocenters. The maximum absolute atomic E-state index is 11.9. The Balaban J connectivity index is 2.38. The number of aromatic nitrogens is 3. The molecule has 0 spiro atoms. The van der Waals surface area contributed by atoms with Crippen molar-refractivity contribution in [3.05, 3.63) is 28.9 Å². The highest BCUT2D eigenvalue weighted by atomic mass is 35.5. The van der Waals surface area contributed by atoms with Gasteiger partial charge in [-0.15, -0.1) is 5.10 Å². The molecule has 0 fully saturated rings. The van der Waals surface area contributed by atoms with Gasteiger partial charge in [0.15, 0.2) is 11.5 Å². The van der Waals surface area contributed by atoms with E-state index >= 15 is 0 Å². The van der Waals surface area contributed by atoms with E-state index in [1.54, 1.807) is 18.2 Å². The van der Waals surface area contributed by atoms with Crippen molar-refractivity contribution in [3.8, 4) is 11.4 Å². The average Bonchev–Trinajstić information content (AvgIpc) is 2.80. The Labute approximate surface area is 127 Å². The number of carbonyl (C=O) groups is 1. The molecule has 112 valence electrons. The summed E-state index contributed by atoms with van der Waals surface area (Å²) in [7, 11) is 1.51. The van der Waals surface area contributed by atoms with Crippen molar-refractivity contribution in [3.63, 3.8) is 0 Å². The number of halogens is 1. The summed E-state index contributed by atoms with van der Waals surface area (Å²) in [5.41, 5.74) is 6.63. The number of hydrogen-bond acceptors (Lipinski definition) is 5. The molecule has 2 rings (SSSR count). The quantitative estimate of drug-likeness (QED) is 0.895. The van der Waals surface area contributed by atoms with Crippen molar-refractivity contribution in [2.75, 3.05) is 12.8 Å². The number of nitrogens with one attached hydrogen (secondary N) is 1. The van der Waals surface area contributed by atoms with E-state index in [1.165, 1.54) is 11.8 Å². The molecule has 1 amide bonds. The van der Waals surface area contributed by atoms with Crippen molar-refractivity contribution in [1.29, 1.82) is 0 Å². The standard InChI is InChI=1S/C13H16ClN5O2/c1-7(2)16-13(20)11-12(15)19(18-17-11)8-4-5-9(14)10(6-8)21-3/h4-7H,15H2,1-3H3,(H,16,20). The number of anilines is 1. The van der Waals surface area contributed by atoms with Gasteiger partial charge in [-0.25, -0.2) is 0 Å². The van der Waals surface area contributed by atoms with Gasteiger partial charge in [-0.05, 0) is 26.0 Å². The van der Waals surface area contributed by atoms with E-state index < -0.39 is 0 Å². The second-order valence-corrected chi connectivity index (χ2v) is 5.09. The third kappa shape index (κ3) is 3.08. The molecule has 21 heavy (non-hydrogen) atoms. The number of nitrogen functional groups attached to an aromatic ring is 1. The first-order valence-corrected chi connectivity index (χ1v) is 6.67. The summed E-state index contributed by atoms with van der Waals surface area (Å²) in [4.78, 5) is 11.9. The Morgan fingerprint density at radius 2 is 2.19 bits per heavy atom. The summed E-state index contributed by atoms with van der Waals surface area (Å²) in [6, 6.07) is 5.01. The number of benzene rings is 1. The van der Waals surface area contributed by atoms with Crippen molar-refractivity contribution < 1.29 is 9.53 Å². The highest BCUT2D eigenvalue weighted by molar-refractivity contribution is 6.32. The van der Waals surface area contributed by atoms with Crippen LogP contribution in [-0.4, -0.2) is 34.1 Å². The number of carbonyl (C=O) groups excluding carboxylic acids is 1. The fourth-order valence-corrected chi connectivity index (χ4v) is 1.95. The average molecular weight is 310 g/mol. The van der Waals surface area contributed by atoms with E-state index in [4.69, 9.17) is 22.1 Å². The number of hydrogen-bond donors (Lipinski definition) is 2. The smallest absolute Gasteiger partial charge is 0.275 e. The number of methoxy groups -OCH3 is 1. The lowest BCUT2D eigenvalue weighted by Gasteiger charge is -2.08. The predicted octanol–water partition coefficient (Wildman–Crippen LogP) is 1.65. The van der Waals surface area contributed by atoms with Crippen LogP contribution in [0.4, 0.5) is 5.82 Å². The van der Waals surface area contributed by atoms with E-state index in [9.17, 15) is 4.79 Å². The van der Waals surface area contributed by atoms with Crippen LogP contribution >= 0.6 is 11.6 Å². The molecule has 0 unspecified atom stereocenters. The first-order chi connectivity index (χ1) is 9.93. The molecule has 3 N–H and O–H groups in total. The SMILES string of the molecule is COc1cc(-n2nnc(C(=O)NC(C)C)c2N)ccc1Cl. The van der Waals surface area contributed by atoms with Crippen LogP contribution in [0.2, 0.25) is 5.02 Å². The molecular formula is C13H16ClN5O2. The lowest BCUT2D eigenvalue weighted by molar-refractivity contribution is 0.0939. The lowest BCUT2D eigenvalue weighted by Crippen LogP contribution is -2.31. The van der Waals surface area contributed by atoms with Crippen LogP contribution < -0.4 is 15.8 Å². The summed E-state index contributed by atoms with van der Waals surface area (Å²) in [5, 5.41) is 10.9. The molecule has 0 radical (unpaired) electrons. The molecule has 1 heterocycles. The Hall–Kier alpha value is -2.28. The molecule has 2 aromatic rings. The zero-order valence-electron chi connectivity index (χ0n) is 11.9. The van der Waals surface area contributed by atoms with Crippen LogP contribution in [0, 0.1) is 0 Å². The highest BCUT2D eigenvalue weighted by Crippen LogP contribution is 2.27. The molecule has 0 aliphatic rings. The monoisotopic (exact) mass is 309 g/mol. The van der Waals surface area contributed by atoms with Crippen LogP contribution in [0.5, 0.6) is 5.75 Å².